The van der Waals surface area contributed by atoms with Gasteiger partial charge in [-0.2, -0.15) is 5.26 Å². The largest absolute Gasteiger partial charge is 0.369 e. The molecular weight excluding hydrogens is 224 g/mol. The van der Waals surface area contributed by atoms with E-state index in [-0.39, 0.29) is 5.41 Å². The first-order valence-corrected chi connectivity index (χ1v) is 6.32. The zero-order chi connectivity index (χ0) is 13.8. The highest BCUT2D eigenvalue weighted by Gasteiger charge is 2.19. The summed E-state index contributed by atoms with van der Waals surface area (Å²) in [4.78, 5) is 8.32. The molecule has 0 spiro atoms. The molecule has 0 radical (unpaired) electrons. The van der Waals surface area contributed by atoms with Crippen LogP contribution in [-0.2, 0) is 0 Å². The van der Waals surface area contributed by atoms with Gasteiger partial charge in [0.15, 0.2) is 0 Å². The quantitative estimate of drug-likeness (QED) is 0.867. The molecule has 0 aliphatic rings. The second kappa shape index (κ2) is 5.81. The maximum atomic E-state index is 8.87. The van der Waals surface area contributed by atoms with Crippen molar-refractivity contribution < 1.29 is 0 Å². The third-order valence-corrected chi connectivity index (χ3v) is 2.66. The van der Waals surface area contributed by atoms with Gasteiger partial charge in [-0.05, 0) is 24.7 Å². The van der Waals surface area contributed by atoms with Gasteiger partial charge in [0.2, 0.25) is 0 Å². The van der Waals surface area contributed by atoms with Crippen LogP contribution in [0.4, 0.5) is 5.82 Å². The van der Waals surface area contributed by atoms with Crippen LogP contribution in [0.5, 0.6) is 0 Å². The van der Waals surface area contributed by atoms with Crippen LogP contribution in [0.2, 0.25) is 0 Å². The number of rotatable bonds is 5. The highest BCUT2D eigenvalue weighted by Crippen LogP contribution is 2.25. The SMILES string of the molecule is Cc1nc(C#N)cc(NCC(C)(C)CC(C)C)n1. The molecule has 98 valence electrons. The van der Waals surface area contributed by atoms with Crippen molar-refractivity contribution in [1.82, 2.24) is 9.97 Å². The van der Waals surface area contributed by atoms with Crippen molar-refractivity contribution in [2.75, 3.05) is 11.9 Å². The lowest BCUT2D eigenvalue weighted by Gasteiger charge is -2.27. The van der Waals surface area contributed by atoms with Crippen LogP contribution in [0.1, 0.15) is 45.6 Å². The third kappa shape index (κ3) is 4.70. The van der Waals surface area contributed by atoms with Crippen LogP contribution in [0.3, 0.4) is 0 Å². The van der Waals surface area contributed by atoms with Gasteiger partial charge in [-0.15, -0.1) is 0 Å². The smallest absolute Gasteiger partial charge is 0.146 e. The lowest BCUT2D eigenvalue weighted by molar-refractivity contribution is 0.306. The Labute approximate surface area is 109 Å². The summed E-state index contributed by atoms with van der Waals surface area (Å²) < 4.78 is 0. The molecule has 0 unspecified atom stereocenters. The van der Waals surface area contributed by atoms with E-state index >= 15 is 0 Å². The van der Waals surface area contributed by atoms with Crippen molar-refractivity contribution in [3.8, 4) is 6.07 Å². The summed E-state index contributed by atoms with van der Waals surface area (Å²) in [6, 6.07) is 3.74. The first-order valence-electron chi connectivity index (χ1n) is 6.32. The molecule has 18 heavy (non-hydrogen) atoms. The Hall–Kier alpha value is -1.63. The van der Waals surface area contributed by atoms with Gasteiger partial charge in [0, 0.05) is 12.6 Å². The van der Waals surface area contributed by atoms with Crippen LogP contribution < -0.4 is 5.32 Å². The number of hydrogen-bond donors (Lipinski definition) is 1. The summed E-state index contributed by atoms with van der Waals surface area (Å²) >= 11 is 0. The molecule has 0 atom stereocenters. The highest BCUT2D eigenvalue weighted by molar-refractivity contribution is 5.40. The fraction of sp³-hybridized carbons (Fsp3) is 0.643. The van der Waals surface area contributed by atoms with Crippen LogP contribution in [0.25, 0.3) is 0 Å². The Balaban J connectivity index is 2.69. The molecule has 0 fully saturated rings. The van der Waals surface area contributed by atoms with Crippen LogP contribution >= 0.6 is 0 Å². The van der Waals surface area contributed by atoms with E-state index in [1.807, 2.05) is 6.07 Å². The summed E-state index contributed by atoms with van der Waals surface area (Å²) in [5.74, 6) is 2.03. The zero-order valence-electron chi connectivity index (χ0n) is 11.9. The third-order valence-electron chi connectivity index (χ3n) is 2.66. The average molecular weight is 246 g/mol. The Kier molecular flexibility index (Phi) is 4.66. The molecule has 1 N–H and O–H groups in total. The van der Waals surface area contributed by atoms with Gasteiger partial charge in [0.25, 0.3) is 0 Å². The minimum absolute atomic E-state index is 0.208. The fourth-order valence-corrected chi connectivity index (χ4v) is 2.22. The van der Waals surface area contributed by atoms with Crippen molar-refractivity contribution in [1.29, 1.82) is 5.26 Å². The van der Waals surface area contributed by atoms with Crippen molar-refractivity contribution in [2.45, 2.75) is 41.0 Å². The number of anilines is 1. The predicted molar refractivity (Wildman–Crippen MR) is 73.2 cm³/mol. The van der Waals surface area contributed by atoms with E-state index < -0.39 is 0 Å². The molecular formula is C14H22N4. The number of nitriles is 1. The van der Waals surface area contributed by atoms with Gasteiger partial charge in [0.05, 0.1) is 0 Å². The summed E-state index contributed by atoms with van der Waals surface area (Å²) in [6.45, 7) is 11.6. The van der Waals surface area contributed by atoms with E-state index in [1.165, 1.54) is 0 Å². The number of nitrogens with zero attached hydrogens (tertiary/aromatic N) is 3. The van der Waals surface area contributed by atoms with Gasteiger partial charge in [-0.1, -0.05) is 27.7 Å². The van der Waals surface area contributed by atoms with Gasteiger partial charge in [-0.25, -0.2) is 9.97 Å². The Morgan fingerprint density at radius 3 is 2.61 bits per heavy atom. The van der Waals surface area contributed by atoms with E-state index in [0.717, 1.165) is 18.8 Å². The van der Waals surface area contributed by atoms with Gasteiger partial charge in [-0.3, -0.25) is 0 Å². The molecule has 4 heteroatoms. The monoisotopic (exact) mass is 246 g/mol. The minimum atomic E-state index is 0.208. The maximum Gasteiger partial charge on any atom is 0.146 e. The lowest BCUT2D eigenvalue weighted by atomic mass is 9.84. The molecule has 1 aromatic rings. The number of aryl methyl sites for hydroxylation is 1. The summed E-state index contributed by atoms with van der Waals surface area (Å²) in [6.07, 6.45) is 1.15. The van der Waals surface area contributed by atoms with E-state index in [4.69, 9.17) is 5.26 Å². The molecule has 4 nitrogen and oxygen atoms in total. The fourth-order valence-electron chi connectivity index (χ4n) is 2.22. The first kappa shape index (κ1) is 14.4. The van der Waals surface area contributed by atoms with Gasteiger partial charge in [0.1, 0.15) is 23.4 Å². The maximum absolute atomic E-state index is 8.87. The summed E-state index contributed by atoms with van der Waals surface area (Å²) in [5, 5.41) is 12.2. The van der Waals surface area contributed by atoms with Crippen molar-refractivity contribution in [3.63, 3.8) is 0 Å². The predicted octanol–water partition coefficient (Wildman–Crippen LogP) is 3.14. The molecule has 1 aromatic heterocycles. The topological polar surface area (TPSA) is 61.6 Å². The lowest BCUT2D eigenvalue weighted by Crippen LogP contribution is -2.25. The Morgan fingerprint density at radius 1 is 1.39 bits per heavy atom. The van der Waals surface area contributed by atoms with E-state index in [1.54, 1.807) is 13.0 Å². The highest BCUT2D eigenvalue weighted by atomic mass is 15.0. The van der Waals surface area contributed by atoms with Gasteiger partial charge >= 0.3 is 0 Å². The Morgan fingerprint density at radius 2 is 2.06 bits per heavy atom. The molecule has 1 rings (SSSR count). The molecule has 1 heterocycles. The number of nitrogens with one attached hydrogen (secondary N) is 1. The molecule has 0 saturated heterocycles. The van der Waals surface area contributed by atoms with Gasteiger partial charge < -0.3 is 5.32 Å². The summed E-state index contributed by atoms with van der Waals surface area (Å²) in [7, 11) is 0. The zero-order valence-corrected chi connectivity index (χ0v) is 11.9. The summed E-state index contributed by atoms with van der Waals surface area (Å²) in [5.41, 5.74) is 0.617. The molecule has 0 aliphatic carbocycles. The average Bonchev–Trinajstić information content (AvgIpc) is 2.24. The van der Waals surface area contributed by atoms with E-state index in [0.29, 0.717) is 17.4 Å². The molecule has 0 saturated carbocycles. The van der Waals surface area contributed by atoms with Crippen molar-refractivity contribution in [2.24, 2.45) is 11.3 Å². The standard InChI is InChI=1S/C14H22N4/c1-10(2)7-14(4,5)9-16-13-6-12(8-15)17-11(3)18-13/h6,10H,7,9H2,1-5H3,(H,16,17,18). The normalized spacial score (nSPS) is 11.4. The number of hydrogen-bond acceptors (Lipinski definition) is 4. The second-order valence-electron chi connectivity index (χ2n) is 5.91. The minimum Gasteiger partial charge on any atom is -0.369 e. The molecule has 0 amide bonds. The van der Waals surface area contributed by atoms with E-state index in [9.17, 15) is 0 Å². The second-order valence-corrected chi connectivity index (χ2v) is 5.91. The van der Waals surface area contributed by atoms with Crippen LogP contribution in [-0.4, -0.2) is 16.5 Å². The Bertz CT molecular complexity index is 444. The van der Waals surface area contributed by atoms with Crippen molar-refractivity contribution >= 4 is 5.82 Å². The number of aromatic nitrogens is 2. The van der Waals surface area contributed by atoms with Crippen molar-refractivity contribution in [3.05, 3.63) is 17.6 Å². The van der Waals surface area contributed by atoms with Crippen LogP contribution in [0, 0.1) is 29.6 Å². The first-order chi connectivity index (χ1) is 8.32. The molecule has 0 bridgehead atoms. The van der Waals surface area contributed by atoms with E-state index in [2.05, 4.69) is 43.0 Å². The molecule has 0 aromatic carbocycles. The molecule has 0 aliphatic heterocycles. The van der Waals surface area contributed by atoms with Crippen LogP contribution in [0.15, 0.2) is 6.07 Å².